The first-order valence-electron chi connectivity index (χ1n) is 6.23. The molecule has 0 atom stereocenters. The Morgan fingerprint density at radius 1 is 1.17 bits per heavy atom. The van der Waals surface area contributed by atoms with Crippen molar-refractivity contribution in [1.29, 1.82) is 0 Å². The summed E-state index contributed by atoms with van der Waals surface area (Å²) in [6.07, 6.45) is 3.50. The normalized spacial score (nSPS) is 18.0. The number of hydrogen-bond donors (Lipinski definition) is 1. The molecular formula is C13H20N2O2S. The number of nitrogens with zero attached hydrogens (tertiary/aromatic N) is 1. The van der Waals surface area contributed by atoms with E-state index >= 15 is 0 Å². The highest BCUT2D eigenvalue weighted by Crippen LogP contribution is 2.21. The Labute approximate surface area is 109 Å². The predicted molar refractivity (Wildman–Crippen MR) is 73.8 cm³/mol. The van der Waals surface area contributed by atoms with Gasteiger partial charge in [0.05, 0.1) is 4.90 Å². The Morgan fingerprint density at radius 2 is 1.72 bits per heavy atom. The molecule has 1 heterocycles. The molecule has 0 radical (unpaired) electrons. The third-order valence-corrected chi connectivity index (χ3v) is 4.66. The van der Waals surface area contributed by atoms with Crippen molar-refractivity contribution < 1.29 is 8.42 Å². The van der Waals surface area contributed by atoms with Crippen LogP contribution in [0.5, 0.6) is 0 Å². The molecule has 1 aromatic rings. The maximum atomic E-state index is 11.4. The number of benzene rings is 1. The summed E-state index contributed by atoms with van der Waals surface area (Å²) in [6, 6.07) is 7.78. The zero-order valence-electron chi connectivity index (χ0n) is 10.9. The van der Waals surface area contributed by atoms with Gasteiger partial charge in [0.2, 0.25) is 0 Å². The fourth-order valence-corrected chi connectivity index (χ4v) is 2.96. The second kappa shape index (κ2) is 5.28. The van der Waals surface area contributed by atoms with Crippen LogP contribution in [0.2, 0.25) is 0 Å². The lowest BCUT2D eigenvalue weighted by atomic mass is 10.0. The molecule has 4 nitrogen and oxygen atoms in total. The summed E-state index contributed by atoms with van der Waals surface area (Å²) >= 11 is 0. The lowest BCUT2D eigenvalue weighted by Gasteiger charge is -2.33. The van der Waals surface area contributed by atoms with Crippen molar-refractivity contribution in [3.63, 3.8) is 0 Å². The van der Waals surface area contributed by atoms with Crippen LogP contribution in [0.25, 0.3) is 0 Å². The van der Waals surface area contributed by atoms with Gasteiger partial charge in [-0.05, 0) is 44.2 Å². The number of sulfone groups is 1. The number of piperidine rings is 1. The Morgan fingerprint density at radius 3 is 2.17 bits per heavy atom. The van der Waals surface area contributed by atoms with Gasteiger partial charge in [0, 0.05) is 31.1 Å². The molecule has 5 heteroatoms. The van der Waals surface area contributed by atoms with Gasteiger partial charge in [0.15, 0.2) is 9.84 Å². The highest BCUT2D eigenvalue weighted by atomic mass is 32.2. The van der Waals surface area contributed by atoms with Gasteiger partial charge in [-0.1, -0.05) is 0 Å². The molecule has 1 aliphatic heterocycles. The van der Waals surface area contributed by atoms with Crippen LogP contribution in [0.1, 0.15) is 12.8 Å². The maximum Gasteiger partial charge on any atom is 0.175 e. The Kier molecular flexibility index (Phi) is 3.92. The standard InChI is InChI=1S/C13H20N2O2S/c1-14-11-7-9-15(10-8-11)12-3-5-13(6-4-12)18(2,16)17/h3-6,11,14H,7-10H2,1-2H3. The molecule has 100 valence electrons. The third-order valence-electron chi connectivity index (χ3n) is 3.53. The van der Waals surface area contributed by atoms with Crippen LogP contribution < -0.4 is 10.2 Å². The molecule has 0 saturated carbocycles. The second-order valence-corrected chi connectivity index (χ2v) is 6.83. The van der Waals surface area contributed by atoms with Crippen molar-refractivity contribution >= 4 is 15.5 Å². The van der Waals surface area contributed by atoms with Crippen LogP contribution in [0.3, 0.4) is 0 Å². The highest BCUT2D eigenvalue weighted by molar-refractivity contribution is 7.90. The van der Waals surface area contributed by atoms with Crippen molar-refractivity contribution in [2.24, 2.45) is 0 Å². The summed E-state index contributed by atoms with van der Waals surface area (Å²) in [7, 11) is -1.09. The molecule has 0 aliphatic carbocycles. The quantitative estimate of drug-likeness (QED) is 0.897. The average Bonchev–Trinajstić information content (AvgIpc) is 2.38. The van der Waals surface area contributed by atoms with E-state index in [0.29, 0.717) is 10.9 Å². The smallest absolute Gasteiger partial charge is 0.175 e. The fraction of sp³-hybridized carbons (Fsp3) is 0.538. The summed E-state index contributed by atoms with van der Waals surface area (Å²) in [6.45, 7) is 2.04. The first-order valence-corrected chi connectivity index (χ1v) is 8.12. The minimum absolute atomic E-state index is 0.386. The number of anilines is 1. The lowest BCUT2D eigenvalue weighted by molar-refractivity contribution is 0.442. The summed E-state index contributed by atoms with van der Waals surface area (Å²) < 4.78 is 22.8. The highest BCUT2D eigenvalue weighted by Gasteiger charge is 2.18. The Balaban J connectivity index is 2.07. The molecule has 1 fully saturated rings. The lowest BCUT2D eigenvalue weighted by Crippen LogP contribution is -2.41. The monoisotopic (exact) mass is 268 g/mol. The van der Waals surface area contributed by atoms with Gasteiger partial charge >= 0.3 is 0 Å². The van der Waals surface area contributed by atoms with Gasteiger partial charge in [0.1, 0.15) is 0 Å². The second-order valence-electron chi connectivity index (χ2n) is 4.82. The first-order chi connectivity index (χ1) is 8.50. The van der Waals surface area contributed by atoms with Gasteiger partial charge in [-0.2, -0.15) is 0 Å². The van der Waals surface area contributed by atoms with Crippen molar-refractivity contribution in [3.8, 4) is 0 Å². The number of rotatable bonds is 3. The van der Waals surface area contributed by atoms with Crippen LogP contribution >= 0.6 is 0 Å². The SMILES string of the molecule is CNC1CCN(c2ccc(S(C)(=O)=O)cc2)CC1. The third kappa shape index (κ3) is 3.03. The van der Waals surface area contributed by atoms with Crippen molar-refractivity contribution in [3.05, 3.63) is 24.3 Å². The molecular weight excluding hydrogens is 248 g/mol. The van der Waals surface area contributed by atoms with Crippen molar-refractivity contribution in [2.45, 2.75) is 23.8 Å². The molecule has 18 heavy (non-hydrogen) atoms. The molecule has 0 aromatic heterocycles. The molecule has 1 N–H and O–H groups in total. The number of hydrogen-bond acceptors (Lipinski definition) is 4. The molecule has 0 amide bonds. The Bertz CT molecular complexity index is 488. The van der Waals surface area contributed by atoms with Crippen molar-refractivity contribution in [2.75, 3.05) is 31.3 Å². The average molecular weight is 268 g/mol. The van der Waals surface area contributed by atoms with E-state index in [4.69, 9.17) is 0 Å². The van der Waals surface area contributed by atoms with E-state index in [1.807, 2.05) is 19.2 Å². The van der Waals surface area contributed by atoms with Crippen LogP contribution in [0, 0.1) is 0 Å². The predicted octanol–water partition coefficient (Wildman–Crippen LogP) is 1.28. The molecule has 0 spiro atoms. The summed E-state index contributed by atoms with van der Waals surface area (Å²) in [5.74, 6) is 0. The molecule has 1 aliphatic rings. The maximum absolute atomic E-state index is 11.4. The van der Waals surface area contributed by atoms with E-state index in [2.05, 4.69) is 10.2 Å². The van der Waals surface area contributed by atoms with Crippen LogP contribution in [0.4, 0.5) is 5.69 Å². The van der Waals surface area contributed by atoms with Gasteiger partial charge in [-0.15, -0.1) is 0 Å². The molecule has 0 bridgehead atoms. The minimum atomic E-state index is -3.09. The van der Waals surface area contributed by atoms with Crippen LogP contribution in [-0.2, 0) is 9.84 Å². The van der Waals surface area contributed by atoms with Gasteiger partial charge < -0.3 is 10.2 Å². The van der Waals surface area contributed by atoms with Crippen LogP contribution in [-0.4, -0.2) is 40.9 Å². The molecule has 1 saturated heterocycles. The number of nitrogens with one attached hydrogen (secondary N) is 1. The summed E-state index contributed by atoms with van der Waals surface area (Å²) in [4.78, 5) is 2.69. The Hall–Kier alpha value is -1.07. The molecule has 1 aromatic carbocycles. The van der Waals surface area contributed by atoms with E-state index in [0.717, 1.165) is 31.6 Å². The molecule has 0 unspecified atom stereocenters. The fourth-order valence-electron chi connectivity index (χ4n) is 2.33. The topological polar surface area (TPSA) is 49.4 Å². The summed E-state index contributed by atoms with van der Waals surface area (Å²) in [5, 5.41) is 3.30. The molecule has 2 rings (SSSR count). The van der Waals surface area contributed by atoms with E-state index < -0.39 is 9.84 Å². The van der Waals surface area contributed by atoms with Crippen molar-refractivity contribution in [1.82, 2.24) is 5.32 Å². The largest absolute Gasteiger partial charge is 0.371 e. The minimum Gasteiger partial charge on any atom is -0.371 e. The van der Waals surface area contributed by atoms with E-state index in [1.54, 1.807) is 12.1 Å². The van der Waals surface area contributed by atoms with E-state index in [-0.39, 0.29) is 0 Å². The van der Waals surface area contributed by atoms with E-state index in [9.17, 15) is 8.42 Å². The summed E-state index contributed by atoms with van der Waals surface area (Å²) in [5.41, 5.74) is 1.11. The van der Waals surface area contributed by atoms with E-state index in [1.165, 1.54) is 6.26 Å². The van der Waals surface area contributed by atoms with Crippen LogP contribution in [0.15, 0.2) is 29.2 Å². The van der Waals surface area contributed by atoms with Gasteiger partial charge in [0.25, 0.3) is 0 Å². The zero-order valence-corrected chi connectivity index (χ0v) is 11.7. The first kappa shape index (κ1) is 13.4. The zero-order chi connectivity index (χ0) is 13.2. The van der Waals surface area contributed by atoms with Gasteiger partial charge in [-0.25, -0.2) is 8.42 Å². The van der Waals surface area contributed by atoms with Gasteiger partial charge in [-0.3, -0.25) is 0 Å².